The molecule has 0 aromatic heterocycles. The summed E-state index contributed by atoms with van der Waals surface area (Å²) in [7, 11) is 0. The molecule has 2 saturated heterocycles. The Kier molecular flexibility index (Phi) is 39.4. The number of unbranched alkanes of at least 4 members (excludes halogenated alkanes) is 33. The van der Waals surface area contributed by atoms with Crippen LogP contribution in [0, 0.1) is 0 Å². The molecule has 0 saturated carbocycles. The highest BCUT2D eigenvalue weighted by Gasteiger charge is 2.51. The number of carbonyl (C=O) groups excluding carboxylic acids is 1. The highest BCUT2D eigenvalue weighted by molar-refractivity contribution is 5.76. The lowest BCUT2D eigenvalue weighted by atomic mass is 9.97. The van der Waals surface area contributed by atoms with Crippen molar-refractivity contribution in [2.24, 2.45) is 0 Å². The number of nitrogens with one attached hydrogen (secondary N) is 1. The molecule has 12 unspecified atom stereocenters. The molecule has 0 spiro atoms. The largest absolute Gasteiger partial charge is 0.394 e. The molecule has 0 bridgehead atoms. The molecule has 14 heteroatoms. The lowest BCUT2D eigenvalue weighted by molar-refractivity contribution is -0.359. The number of carbonyl (C=O) groups is 1. The number of rotatable bonds is 46. The topological polar surface area (TPSA) is 228 Å². The quantitative estimate of drug-likeness (QED) is 0.0260. The van der Waals surface area contributed by atoms with Crippen LogP contribution in [0.2, 0.25) is 0 Å². The fourth-order valence-corrected chi connectivity index (χ4v) is 9.89. The normalized spacial score (nSPS) is 26.1. The van der Waals surface area contributed by atoms with Crippen LogP contribution >= 0.6 is 0 Å². The first kappa shape index (κ1) is 64.1. The molecule has 2 fully saturated rings. The van der Waals surface area contributed by atoms with E-state index in [1.807, 2.05) is 0 Å². The molecule has 2 aliphatic heterocycles. The number of amides is 1. The molecule has 69 heavy (non-hydrogen) atoms. The number of aliphatic hydroxyl groups excluding tert-OH is 8. The maximum Gasteiger partial charge on any atom is 0.220 e. The molecule has 0 aliphatic carbocycles. The second kappa shape index (κ2) is 42.4. The highest BCUT2D eigenvalue weighted by atomic mass is 16.7. The van der Waals surface area contributed by atoms with Crippen molar-refractivity contribution in [1.82, 2.24) is 5.32 Å². The van der Waals surface area contributed by atoms with Crippen LogP contribution in [0.25, 0.3) is 0 Å². The Morgan fingerprint density at radius 2 is 0.826 bits per heavy atom. The lowest BCUT2D eigenvalue weighted by Crippen LogP contribution is -2.65. The van der Waals surface area contributed by atoms with Crippen LogP contribution in [0.1, 0.15) is 251 Å². The van der Waals surface area contributed by atoms with Gasteiger partial charge in [-0.3, -0.25) is 4.79 Å². The van der Waals surface area contributed by atoms with E-state index in [0.29, 0.717) is 12.8 Å². The van der Waals surface area contributed by atoms with E-state index in [4.69, 9.17) is 18.9 Å². The average molecular weight is 990 g/mol. The summed E-state index contributed by atoms with van der Waals surface area (Å²) in [4.78, 5) is 13.2. The molecule has 0 aromatic rings. The van der Waals surface area contributed by atoms with Gasteiger partial charge < -0.3 is 65.1 Å². The van der Waals surface area contributed by atoms with Crippen molar-refractivity contribution >= 4 is 5.91 Å². The highest BCUT2D eigenvalue weighted by Crippen LogP contribution is 2.30. The summed E-state index contributed by atoms with van der Waals surface area (Å²) in [6, 6.07) is -0.821. The van der Waals surface area contributed by atoms with E-state index in [0.717, 1.165) is 51.4 Å². The number of hydrogen-bond acceptors (Lipinski definition) is 13. The van der Waals surface area contributed by atoms with Crippen LogP contribution in [-0.2, 0) is 23.7 Å². The Balaban J connectivity index is 1.72. The van der Waals surface area contributed by atoms with Crippen LogP contribution in [-0.4, -0.2) is 140 Å². The third-order valence-corrected chi connectivity index (χ3v) is 14.6. The van der Waals surface area contributed by atoms with Crippen LogP contribution in [0.5, 0.6) is 0 Å². The Labute approximate surface area is 419 Å². The fourth-order valence-electron chi connectivity index (χ4n) is 9.89. The van der Waals surface area contributed by atoms with E-state index in [9.17, 15) is 45.6 Å². The van der Waals surface area contributed by atoms with E-state index in [1.165, 1.54) is 173 Å². The van der Waals surface area contributed by atoms with Gasteiger partial charge in [0.1, 0.15) is 48.8 Å². The van der Waals surface area contributed by atoms with E-state index >= 15 is 0 Å². The van der Waals surface area contributed by atoms with Gasteiger partial charge in [-0.15, -0.1) is 0 Å². The molecule has 0 radical (unpaired) electrons. The minimum absolute atomic E-state index is 0.204. The zero-order chi connectivity index (χ0) is 50.3. The van der Waals surface area contributed by atoms with E-state index in [-0.39, 0.29) is 12.5 Å². The Morgan fingerprint density at radius 3 is 1.23 bits per heavy atom. The summed E-state index contributed by atoms with van der Waals surface area (Å²) < 4.78 is 22.8. The summed E-state index contributed by atoms with van der Waals surface area (Å²) in [5.41, 5.74) is 0. The number of ether oxygens (including phenoxy) is 4. The smallest absolute Gasteiger partial charge is 0.220 e. The Morgan fingerprint density at radius 1 is 0.464 bits per heavy atom. The van der Waals surface area contributed by atoms with Gasteiger partial charge in [0.15, 0.2) is 12.6 Å². The predicted octanol–water partition coefficient (Wildman–Crippen LogP) is 8.95. The first-order valence-corrected chi connectivity index (χ1v) is 28.8. The summed E-state index contributed by atoms with van der Waals surface area (Å²) >= 11 is 0. The molecule has 2 aliphatic rings. The second-order valence-electron chi connectivity index (χ2n) is 20.8. The number of hydrogen-bond donors (Lipinski definition) is 9. The molecule has 2 rings (SSSR count). The van der Waals surface area contributed by atoms with Crippen LogP contribution < -0.4 is 5.32 Å². The van der Waals surface area contributed by atoms with Gasteiger partial charge in [0.2, 0.25) is 5.91 Å². The van der Waals surface area contributed by atoms with Crippen molar-refractivity contribution in [3.05, 3.63) is 0 Å². The maximum absolute atomic E-state index is 13.2. The van der Waals surface area contributed by atoms with E-state index < -0.39 is 86.8 Å². The average Bonchev–Trinajstić information content (AvgIpc) is 3.35. The first-order chi connectivity index (χ1) is 33.6. The van der Waals surface area contributed by atoms with Crippen LogP contribution in [0.4, 0.5) is 0 Å². The van der Waals surface area contributed by atoms with Crippen molar-refractivity contribution < 1.29 is 64.6 Å². The molecular weight excluding hydrogens is 883 g/mol. The van der Waals surface area contributed by atoms with Crippen molar-refractivity contribution in [2.75, 3.05) is 19.8 Å². The van der Waals surface area contributed by atoms with Gasteiger partial charge in [0, 0.05) is 6.42 Å². The van der Waals surface area contributed by atoms with E-state index in [1.54, 1.807) is 0 Å². The third kappa shape index (κ3) is 28.9. The lowest BCUT2D eigenvalue weighted by Gasteiger charge is -2.46. The third-order valence-electron chi connectivity index (χ3n) is 14.6. The van der Waals surface area contributed by atoms with Gasteiger partial charge in [0.25, 0.3) is 0 Å². The molecule has 9 N–H and O–H groups in total. The minimum atomic E-state index is -1.78. The predicted molar refractivity (Wildman–Crippen MR) is 272 cm³/mol. The molecular formula is C55H107NO13. The molecule has 1 amide bonds. The molecule has 0 aromatic carbocycles. The van der Waals surface area contributed by atoms with Crippen molar-refractivity contribution in [3.63, 3.8) is 0 Å². The molecule has 12 atom stereocenters. The summed E-state index contributed by atoms with van der Waals surface area (Å²) in [5, 5.41) is 87.1. The monoisotopic (exact) mass is 990 g/mol. The molecule has 14 nitrogen and oxygen atoms in total. The SMILES string of the molecule is CCCCCCCCCCCCCCCCCCCCCCCCCCC(O)C(COC1OC(CO)C(OC2OC(CO)C(O)C(O)C2O)C(O)C1O)NC(=O)CCCCCCCCCCCCC. The fraction of sp³-hybridized carbons (Fsp3) is 0.982. The summed E-state index contributed by atoms with van der Waals surface area (Å²) in [5.74, 6) is -0.204. The Bertz CT molecular complexity index is 1170. The zero-order valence-corrected chi connectivity index (χ0v) is 43.8. The van der Waals surface area contributed by atoms with E-state index in [2.05, 4.69) is 19.2 Å². The van der Waals surface area contributed by atoms with Crippen molar-refractivity contribution in [1.29, 1.82) is 0 Å². The minimum Gasteiger partial charge on any atom is -0.394 e. The zero-order valence-electron chi connectivity index (χ0n) is 43.8. The Hall–Kier alpha value is -1.01. The summed E-state index contributed by atoms with van der Waals surface area (Å²) in [6.07, 6.45) is 28.3. The summed E-state index contributed by atoms with van der Waals surface area (Å²) in [6.45, 7) is 2.87. The van der Waals surface area contributed by atoms with Gasteiger partial charge in [-0.1, -0.05) is 232 Å². The van der Waals surface area contributed by atoms with Gasteiger partial charge in [-0.2, -0.15) is 0 Å². The van der Waals surface area contributed by atoms with Gasteiger partial charge in [-0.05, 0) is 12.8 Å². The number of aliphatic hydroxyl groups is 8. The molecule has 2 heterocycles. The van der Waals surface area contributed by atoms with Gasteiger partial charge >= 0.3 is 0 Å². The van der Waals surface area contributed by atoms with Crippen LogP contribution in [0.3, 0.4) is 0 Å². The first-order valence-electron chi connectivity index (χ1n) is 28.8. The molecule has 410 valence electrons. The van der Waals surface area contributed by atoms with Gasteiger partial charge in [0.05, 0.1) is 32.0 Å². The van der Waals surface area contributed by atoms with Crippen LogP contribution in [0.15, 0.2) is 0 Å². The maximum atomic E-state index is 13.2. The second-order valence-corrected chi connectivity index (χ2v) is 20.8. The van der Waals surface area contributed by atoms with Crippen molar-refractivity contribution in [3.8, 4) is 0 Å². The van der Waals surface area contributed by atoms with Crippen molar-refractivity contribution in [2.45, 2.75) is 325 Å². The standard InChI is InChI=1S/C55H107NO13/c1-3-5-7-9-11-13-15-16-17-18-19-20-21-22-23-24-25-26-27-29-30-32-34-36-38-44(59)43(56-47(60)39-37-35-33-31-28-14-12-10-8-6-4-2)42-66-54-52(65)50(63)53(46(41-58)68-54)69-55-51(64)49(62)48(61)45(40-57)67-55/h43-46,48-55,57-59,61-65H,3-42H2,1-2H3,(H,56,60). The van der Waals surface area contributed by atoms with Gasteiger partial charge in [-0.25, -0.2) is 0 Å².